The molecule has 112 heavy (non-hydrogen) atoms. The molecule has 0 fully saturated rings. The molecule has 1 aliphatic heterocycles. The molecule has 35 nitrogen and oxygen atoms in total. The van der Waals surface area contributed by atoms with Gasteiger partial charge < -0.3 is 102 Å². The number of hydrogen-bond acceptors (Lipinski definition) is 18. The SMILES string of the molecule is CC(=O)N[C@@H](CCCCN)C(=O)N[C@H](C(=O)N[C@@H](CC(C)C)C(=O)NCC(=O)N[C@@]1(C)CCC/C=C\CCC[C@@](C)(C(=O)N[C@@H](CC(C)C)C(=O)NCC(=O)N[C@@H](CCCN=C(N)N)C(=O)N[C@@H](CC(C)C)C(=O)N[C@H](C(=O)O)C(C)C)NC(=O)[C@H](CCCCN)NC(=O)[C@H](C(C)C)NC(=O)[C@H](CC(C)C)NC1=O)C(C)C. The van der Waals surface area contributed by atoms with E-state index in [-0.39, 0.29) is 120 Å². The first-order valence-electron chi connectivity index (χ1n) is 39.8. The second kappa shape index (κ2) is 51.6. The molecule has 0 aromatic rings. The highest BCUT2D eigenvalue weighted by Crippen LogP contribution is 2.22. The second-order valence-corrected chi connectivity index (χ2v) is 32.6. The van der Waals surface area contributed by atoms with Crippen molar-refractivity contribution in [3.63, 3.8) is 0 Å². The van der Waals surface area contributed by atoms with Crippen LogP contribution in [0.4, 0.5) is 0 Å². The monoisotopic (exact) mass is 1590 g/mol. The minimum absolute atomic E-state index is 0.0107. The molecule has 23 N–H and O–H groups in total. The average molecular weight is 1590 g/mol. The third kappa shape index (κ3) is 39.0. The van der Waals surface area contributed by atoms with Gasteiger partial charge in [-0.15, -0.1) is 0 Å². The van der Waals surface area contributed by atoms with Crippen molar-refractivity contribution in [1.82, 2.24) is 74.4 Å². The van der Waals surface area contributed by atoms with E-state index in [9.17, 15) is 72.2 Å². The normalized spacial score (nSPS) is 20.5. The Labute approximate surface area is 662 Å². The number of carboxylic acid groups (broad SMARTS) is 1. The molecule has 35 heteroatoms. The van der Waals surface area contributed by atoms with E-state index in [0.717, 1.165) is 0 Å². The zero-order valence-corrected chi connectivity index (χ0v) is 69.6. The molecule has 0 aromatic carbocycles. The number of rotatable bonds is 43. The smallest absolute Gasteiger partial charge is 0.326 e. The van der Waals surface area contributed by atoms with Crippen molar-refractivity contribution < 1.29 is 77.0 Å². The molecule has 1 rings (SSSR count). The van der Waals surface area contributed by atoms with Crippen molar-refractivity contribution in [2.75, 3.05) is 32.7 Å². The summed E-state index contributed by atoms with van der Waals surface area (Å²) in [7, 11) is 0. The molecule has 12 atom stereocenters. The maximum atomic E-state index is 15.0. The van der Waals surface area contributed by atoms with E-state index in [0.29, 0.717) is 45.1 Å². The van der Waals surface area contributed by atoms with Gasteiger partial charge in [0.25, 0.3) is 0 Å². The predicted molar refractivity (Wildman–Crippen MR) is 427 cm³/mol. The lowest BCUT2D eigenvalue weighted by Crippen LogP contribution is -2.64. The lowest BCUT2D eigenvalue weighted by atomic mass is 9.91. The number of carbonyl (C=O) groups is 15. The van der Waals surface area contributed by atoms with Crippen LogP contribution < -0.4 is 97.4 Å². The first kappa shape index (κ1) is 101. The number of guanidine groups is 1. The number of carboxylic acids is 1. The van der Waals surface area contributed by atoms with Crippen molar-refractivity contribution in [2.45, 2.75) is 305 Å². The Kier molecular flexibility index (Phi) is 46.5. The first-order valence-corrected chi connectivity index (χ1v) is 39.8. The summed E-state index contributed by atoms with van der Waals surface area (Å²) < 4.78 is 0. The summed E-state index contributed by atoms with van der Waals surface area (Å²) in [6.07, 6.45) is 7.46. The van der Waals surface area contributed by atoms with E-state index < -0.39 is 191 Å². The second-order valence-electron chi connectivity index (χ2n) is 32.6. The fourth-order valence-electron chi connectivity index (χ4n) is 12.5. The third-order valence-corrected chi connectivity index (χ3v) is 18.8. The van der Waals surface area contributed by atoms with Gasteiger partial charge in [0, 0.05) is 13.5 Å². The molecule has 638 valence electrons. The van der Waals surface area contributed by atoms with Crippen molar-refractivity contribution in [2.24, 2.45) is 69.4 Å². The largest absolute Gasteiger partial charge is 0.480 e. The molecule has 0 saturated heterocycles. The van der Waals surface area contributed by atoms with E-state index >= 15 is 4.79 Å². The van der Waals surface area contributed by atoms with Gasteiger partial charge in [0.2, 0.25) is 82.7 Å². The van der Waals surface area contributed by atoms with E-state index in [4.69, 9.17) is 22.9 Å². The van der Waals surface area contributed by atoms with Gasteiger partial charge in [-0.05, 0) is 184 Å². The van der Waals surface area contributed by atoms with Gasteiger partial charge in [-0.2, -0.15) is 0 Å². The summed E-state index contributed by atoms with van der Waals surface area (Å²) in [4.78, 5) is 214. The molecule has 0 unspecified atom stereocenters. The van der Waals surface area contributed by atoms with Crippen molar-refractivity contribution in [1.29, 1.82) is 0 Å². The van der Waals surface area contributed by atoms with Crippen LogP contribution in [0.15, 0.2) is 17.1 Å². The Morgan fingerprint density at radius 3 is 1.51 bits per heavy atom. The predicted octanol–water partition coefficient (Wildman–Crippen LogP) is 0.296. The molecule has 14 amide bonds. The van der Waals surface area contributed by atoms with Crippen LogP contribution in [-0.4, -0.2) is 204 Å². The quantitative estimate of drug-likeness (QED) is 0.0169. The number of nitrogens with zero attached hydrogens (tertiary/aromatic N) is 1. The molecule has 0 spiro atoms. The number of carbonyl (C=O) groups excluding carboxylic acids is 14. The Morgan fingerprint density at radius 2 is 1.00 bits per heavy atom. The molecule has 1 aliphatic rings. The van der Waals surface area contributed by atoms with Crippen LogP contribution >= 0.6 is 0 Å². The van der Waals surface area contributed by atoms with Gasteiger partial charge in [0.05, 0.1) is 13.1 Å². The first-order chi connectivity index (χ1) is 52.3. The molecular weight excluding hydrogens is 1450 g/mol. The van der Waals surface area contributed by atoms with Crippen LogP contribution in [0.5, 0.6) is 0 Å². The van der Waals surface area contributed by atoms with Crippen LogP contribution in [0.3, 0.4) is 0 Å². The van der Waals surface area contributed by atoms with Gasteiger partial charge in [0.1, 0.15) is 71.5 Å². The zero-order valence-electron chi connectivity index (χ0n) is 69.6. The Morgan fingerprint density at radius 1 is 0.518 bits per heavy atom. The number of hydrogen-bond donors (Lipinski definition) is 19. The summed E-state index contributed by atoms with van der Waals surface area (Å²) in [5.74, 6) is -14.2. The number of aliphatic carboxylic acids is 1. The number of allylic oxidation sites excluding steroid dienone is 2. The molecular formula is C77H139N19O16. The van der Waals surface area contributed by atoms with E-state index in [2.05, 4.69) is 79.4 Å². The van der Waals surface area contributed by atoms with Gasteiger partial charge >= 0.3 is 5.97 Å². The number of aliphatic imine (C=N–C) groups is 1. The fourth-order valence-corrected chi connectivity index (χ4v) is 12.5. The lowest BCUT2D eigenvalue weighted by molar-refractivity contribution is -0.143. The van der Waals surface area contributed by atoms with Crippen molar-refractivity contribution in [3.05, 3.63) is 12.2 Å². The topological polar surface area (TPSA) is 561 Å². The van der Waals surface area contributed by atoms with E-state index in [1.807, 2.05) is 39.8 Å². The molecule has 1 heterocycles. The zero-order chi connectivity index (χ0) is 85.3. The minimum atomic E-state index is -1.80. The molecule has 0 aromatic heterocycles. The highest BCUT2D eigenvalue weighted by atomic mass is 16.4. The minimum Gasteiger partial charge on any atom is -0.480 e. The average Bonchev–Trinajstić information content (AvgIpc) is 0.879. The highest BCUT2D eigenvalue weighted by molar-refractivity contribution is 6.01. The number of nitrogens with one attached hydrogen (secondary N) is 14. The molecule has 0 bridgehead atoms. The van der Waals surface area contributed by atoms with Gasteiger partial charge in [-0.1, -0.05) is 109 Å². The summed E-state index contributed by atoms with van der Waals surface area (Å²) in [5, 5.41) is 47.7. The Bertz CT molecular complexity index is 3160. The number of nitrogens with two attached hydrogens (primary N) is 4. The maximum Gasteiger partial charge on any atom is 0.326 e. The summed E-state index contributed by atoms with van der Waals surface area (Å²) in [6, 6.07) is -12.3. The molecule has 0 saturated carbocycles. The van der Waals surface area contributed by atoms with Crippen LogP contribution in [0, 0.1) is 41.4 Å². The van der Waals surface area contributed by atoms with Crippen LogP contribution in [0.1, 0.15) is 233 Å². The third-order valence-electron chi connectivity index (χ3n) is 18.8. The Hall–Kier alpha value is -9.02. The van der Waals surface area contributed by atoms with Gasteiger partial charge in [-0.3, -0.25) is 72.1 Å². The van der Waals surface area contributed by atoms with E-state index in [1.54, 1.807) is 69.2 Å². The maximum absolute atomic E-state index is 15.0. The molecule has 0 radical (unpaired) electrons. The number of unbranched alkanes of at least 4 members (excludes halogenated alkanes) is 2. The highest BCUT2D eigenvalue weighted by Gasteiger charge is 2.43. The van der Waals surface area contributed by atoms with Crippen molar-refractivity contribution >= 4 is 94.6 Å². The van der Waals surface area contributed by atoms with Crippen molar-refractivity contribution in [3.8, 4) is 0 Å². The lowest BCUT2D eigenvalue weighted by Gasteiger charge is -2.34. The summed E-state index contributed by atoms with van der Waals surface area (Å²) >= 11 is 0. The number of amides is 14. The Balaban J connectivity index is 3.83. The molecule has 0 aliphatic carbocycles. The van der Waals surface area contributed by atoms with Crippen LogP contribution in [-0.2, 0) is 71.9 Å². The van der Waals surface area contributed by atoms with E-state index in [1.165, 1.54) is 20.8 Å². The standard InChI is InChI=1S/C77H139N19O16/c1-43(2)37-54(89-71(108)61(48(11)12)92-66(103)51(85-50(15)97)29-22-26-34-78)63(100)84-42-59(99)95-76(16)32-24-20-18-19-21-25-33-77(17,96-69(106)53(30-23-27-35-79)87-70(107)60(47(9)10)93-68(105)57(40-46(7)8)91-73(76)111)74(112)90-55(38-44(3)4)64(101)83-41-58(98)86-52(31-28-36-82-75(80)81)65(102)88-56(39-45(5)6)67(104)94-62(49(13)14)72(109)110/h18-19,43-49,51-57,60-62H,20-42,78-79H2,1-17H3,(H,83,101)(H,84,100)(H,85,97)(H,86,98)(H,87,107)(H,88,102)(H,89,108)(H,90,112)(H,91,111)(H,92,103)(H,93,105)(H,94,104)(H,95,99)(H,96,106)(H,109,110)(H4,80,81,82)/b19-18-/t51-,52-,53-,54-,55-,56-,57-,60-,61-,62-,76-,77-/m0/s1. The fraction of sp³-hybridized carbons (Fsp3) is 0.766. The van der Waals surface area contributed by atoms with Crippen LogP contribution in [0.2, 0.25) is 0 Å². The van der Waals surface area contributed by atoms with Crippen LogP contribution in [0.25, 0.3) is 0 Å². The van der Waals surface area contributed by atoms with Gasteiger partial charge in [0.15, 0.2) is 5.96 Å². The summed E-state index contributed by atoms with van der Waals surface area (Å²) in [5.41, 5.74) is 19.1. The summed E-state index contributed by atoms with van der Waals surface area (Å²) in [6.45, 7) is 28.0. The van der Waals surface area contributed by atoms with Gasteiger partial charge in [-0.25, -0.2) is 4.79 Å².